The Balaban J connectivity index is 1.42. The molecule has 29 heavy (non-hydrogen) atoms. The summed E-state index contributed by atoms with van der Waals surface area (Å²) in [7, 11) is 0. The molecule has 1 unspecified atom stereocenters. The van der Waals surface area contributed by atoms with E-state index in [9.17, 15) is 14.4 Å². The first-order valence-corrected chi connectivity index (χ1v) is 10.6. The van der Waals surface area contributed by atoms with Crippen molar-refractivity contribution in [2.24, 2.45) is 17.6 Å². The summed E-state index contributed by atoms with van der Waals surface area (Å²) < 4.78 is 0. The molecule has 0 spiro atoms. The van der Waals surface area contributed by atoms with Crippen molar-refractivity contribution in [3.63, 3.8) is 0 Å². The largest absolute Gasteiger partial charge is 0.369 e. The van der Waals surface area contributed by atoms with Crippen LogP contribution in [0.15, 0.2) is 24.3 Å². The third kappa shape index (κ3) is 6.56. The molecule has 1 aromatic carbocycles. The number of hydrogen-bond acceptors (Lipinski definition) is 4. The van der Waals surface area contributed by atoms with E-state index in [1.54, 1.807) is 0 Å². The van der Waals surface area contributed by atoms with Crippen LogP contribution in [0.5, 0.6) is 0 Å². The highest BCUT2D eigenvalue weighted by atomic mass is 16.2. The second kappa shape index (κ2) is 10.4. The summed E-state index contributed by atoms with van der Waals surface area (Å²) >= 11 is 0. The molecular weight excluding hydrogens is 368 g/mol. The molecule has 1 aliphatic carbocycles. The van der Waals surface area contributed by atoms with Crippen molar-refractivity contribution >= 4 is 17.7 Å². The molecule has 0 radical (unpaired) electrons. The Labute approximate surface area is 172 Å². The molecule has 1 saturated carbocycles. The molecular formula is C22H32N4O3. The monoisotopic (exact) mass is 400 g/mol. The molecule has 3 amide bonds. The number of piperidine rings is 1. The number of nitrogens with zero attached hydrogens (tertiary/aromatic N) is 1. The molecule has 1 aliphatic heterocycles. The van der Waals surface area contributed by atoms with Crippen LogP contribution in [0.3, 0.4) is 0 Å². The Morgan fingerprint density at radius 1 is 1.00 bits per heavy atom. The highest BCUT2D eigenvalue weighted by Gasteiger charge is 2.24. The second-order valence-electron chi connectivity index (χ2n) is 8.27. The highest BCUT2D eigenvalue weighted by Crippen LogP contribution is 2.24. The van der Waals surface area contributed by atoms with Crippen LogP contribution in [0, 0.1) is 11.8 Å². The average molecular weight is 401 g/mol. The first-order chi connectivity index (χ1) is 14.0. The molecule has 4 N–H and O–H groups in total. The normalized spacial score (nSPS) is 20.3. The number of benzene rings is 1. The van der Waals surface area contributed by atoms with Gasteiger partial charge in [-0.25, -0.2) is 0 Å². The predicted octanol–water partition coefficient (Wildman–Crippen LogP) is 1.31. The van der Waals surface area contributed by atoms with Crippen LogP contribution in [0.4, 0.5) is 0 Å². The number of carbonyl (C=O) groups is 3. The smallest absolute Gasteiger partial charge is 0.239 e. The summed E-state index contributed by atoms with van der Waals surface area (Å²) in [5.41, 5.74) is 7.63. The van der Waals surface area contributed by atoms with Gasteiger partial charge in [0.05, 0.1) is 12.5 Å². The van der Waals surface area contributed by atoms with E-state index in [-0.39, 0.29) is 36.1 Å². The third-order valence-corrected chi connectivity index (χ3v) is 5.94. The van der Waals surface area contributed by atoms with Crippen LogP contribution < -0.4 is 16.4 Å². The minimum atomic E-state index is -0.216. The zero-order valence-corrected chi connectivity index (χ0v) is 17.0. The van der Waals surface area contributed by atoms with E-state index in [0.29, 0.717) is 13.1 Å². The van der Waals surface area contributed by atoms with Crippen molar-refractivity contribution in [1.82, 2.24) is 15.5 Å². The van der Waals surface area contributed by atoms with Gasteiger partial charge in [-0.05, 0) is 43.4 Å². The number of nitrogens with two attached hydrogens (primary N) is 1. The SMILES string of the molecule is NC(=O)C1CCCN(Cc2cccc(CNC(=O)CNC(=O)C3CCCC3)c2)C1. The molecule has 1 saturated heterocycles. The average Bonchev–Trinajstić information content (AvgIpc) is 3.26. The molecule has 158 valence electrons. The molecule has 1 atom stereocenters. The zero-order valence-electron chi connectivity index (χ0n) is 17.0. The summed E-state index contributed by atoms with van der Waals surface area (Å²) in [6, 6.07) is 8.09. The molecule has 7 nitrogen and oxygen atoms in total. The number of hydrogen-bond donors (Lipinski definition) is 3. The Bertz CT molecular complexity index is 731. The quantitative estimate of drug-likeness (QED) is 0.612. The lowest BCUT2D eigenvalue weighted by molar-refractivity contribution is -0.128. The molecule has 3 rings (SSSR count). The maximum Gasteiger partial charge on any atom is 0.239 e. The van der Waals surface area contributed by atoms with Gasteiger partial charge in [0, 0.05) is 25.6 Å². The Hall–Kier alpha value is -2.41. The van der Waals surface area contributed by atoms with Crippen molar-refractivity contribution in [3.8, 4) is 0 Å². The maximum atomic E-state index is 12.1. The highest BCUT2D eigenvalue weighted by molar-refractivity contribution is 5.85. The molecule has 2 aliphatic rings. The Kier molecular flexibility index (Phi) is 7.63. The van der Waals surface area contributed by atoms with Crippen LogP contribution in [0.2, 0.25) is 0 Å². The van der Waals surface area contributed by atoms with Crippen LogP contribution in [-0.2, 0) is 27.5 Å². The van der Waals surface area contributed by atoms with Gasteiger partial charge in [0.15, 0.2) is 0 Å². The fourth-order valence-electron chi connectivity index (χ4n) is 4.29. The Morgan fingerprint density at radius 3 is 2.48 bits per heavy atom. The van der Waals surface area contributed by atoms with Crippen LogP contribution in [0.1, 0.15) is 49.7 Å². The van der Waals surface area contributed by atoms with Gasteiger partial charge in [-0.3, -0.25) is 19.3 Å². The van der Waals surface area contributed by atoms with Gasteiger partial charge in [0.2, 0.25) is 17.7 Å². The standard InChI is InChI=1S/C22H32N4O3/c23-21(28)19-9-4-10-26(15-19)14-17-6-3-5-16(11-17)12-24-20(27)13-25-22(29)18-7-1-2-8-18/h3,5-6,11,18-19H,1-2,4,7-10,12-15H2,(H2,23,28)(H,24,27)(H,25,29). The lowest BCUT2D eigenvalue weighted by Crippen LogP contribution is -2.40. The van der Waals surface area contributed by atoms with Crippen LogP contribution >= 0.6 is 0 Å². The van der Waals surface area contributed by atoms with E-state index in [1.165, 1.54) is 0 Å². The topological polar surface area (TPSA) is 105 Å². The van der Waals surface area contributed by atoms with Gasteiger partial charge in [-0.15, -0.1) is 0 Å². The molecule has 1 heterocycles. The fraction of sp³-hybridized carbons (Fsp3) is 0.591. The van der Waals surface area contributed by atoms with Crippen molar-refractivity contribution < 1.29 is 14.4 Å². The third-order valence-electron chi connectivity index (χ3n) is 5.94. The molecule has 0 bridgehead atoms. The van der Waals surface area contributed by atoms with Gasteiger partial charge in [0.1, 0.15) is 0 Å². The lowest BCUT2D eigenvalue weighted by atomic mass is 9.97. The van der Waals surface area contributed by atoms with Crippen LogP contribution in [-0.4, -0.2) is 42.3 Å². The van der Waals surface area contributed by atoms with E-state index < -0.39 is 0 Å². The van der Waals surface area contributed by atoms with Crippen molar-refractivity contribution in [1.29, 1.82) is 0 Å². The van der Waals surface area contributed by atoms with Gasteiger partial charge in [-0.2, -0.15) is 0 Å². The number of primary amides is 1. The van der Waals surface area contributed by atoms with Crippen molar-refractivity contribution in [2.75, 3.05) is 19.6 Å². The summed E-state index contributed by atoms with van der Waals surface area (Å²) in [6.07, 6.45) is 5.91. The van der Waals surface area contributed by atoms with Gasteiger partial charge >= 0.3 is 0 Å². The minimum Gasteiger partial charge on any atom is -0.369 e. The predicted molar refractivity (Wildman–Crippen MR) is 110 cm³/mol. The molecule has 7 heteroatoms. The zero-order chi connectivity index (χ0) is 20.6. The van der Waals surface area contributed by atoms with E-state index in [1.807, 2.05) is 12.1 Å². The minimum absolute atomic E-state index is 0.00422. The van der Waals surface area contributed by atoms with Crippen molar-refractivity contribution in [2.45, 2.75) is 51.6 Å². The van der Waals surface area contributed by atoms with E-state index in [0.717, 1.165) is 62.7 Å². The number of rotatable bonds is 8. The van der Waals surface area contributed by atoms with Gasteiger partial charge in [0.25, 0.3) is 0 Å². The number of nitrogens with one attached hydrogen (secondary N) is 2. The first kappa shape index (κ1) is 21.3. The van der Waals surface area contributed by atoms with E-state index in [2.05, 4.69) is 27.7 Å². The fourth-order valence-corrected chi connectivity index (χ4v) is 4.29. The van der Waals surface area contributed by atoms with Crippen molar-refractivity contribution in [3.05, 3.63) is 35.4 Å². The number of amides is 3. The molecule has 2 fully saturated rings. The molecule has 1 aromatic rings. The lowest BCUT2D eigenvalue weighted by Gasteiger charge is -2.31. The summed E-state index contributed by atoms with van der Waals surface area (Å²) in [4.78, 5) is 37.8. The summed E-state index contributed by atoms with van der Waals surface area (Å²) in [6.45, 7) is 2.89. The maximum absolute atomic E-state index is 12.1. The Morgan fingerprint density at radius 2 is 1.72 bits per heavy atom. The second-order valence-corrected chi connectivity index (χ2v) is 8.27. The summed E-state index contributed by atoms with van der Waals surface area (Å²) in [5.74, 6) is -0.391. The number of likely N-dealkylation sites (tertiary alicyclic amines) is 1. The summed E-state index contributed by atoms with van der Waals surface area (Å²) in [5, 5.41) is 5.61. The van der Waals surface area contributed by atoms with Crippen LogP contribution in [0.25, 0.3) is 0 Å². The van der Waals surface area contributed by atoms with Gasteiger partial charge in [-0.1, -0.05) is 37.1 Å². The first-order valence-electron chi connectivity index (χ1n) is 10.6. The van der Waals surface area contributed by atoms with E-state index >= 15 is 0 Å². The molecule has 0 aromatic heterocycles. The van der Waals surface area contributed by atoms with Gasteiger partial charge < -0.3 is 16.4 Å². The van der Waals surface area contributed by atoms with E-state index in [4.69, 9.17) is 5.73 Å². The number of carbonyl (C=O) groups excluding carboxylic acids is 3.